The summed E-state index contributed by atoms with van der Waals surface area (Å²) in [4.78, 5) is 27.6. The first kappa shape index (κ1) is 20.9. The van der Waals surface area contributed by atoms with Crippen LogP contribution in [0, 0.1) is 0 Å². The van der Waals surface area contributed by atoms with Gasteiger partial charge < -0.3 is 19.7 Å². The number of fused-ring (bicyclic) bond motifs is 1. The predicted molar refractivity (Wildman–Crippen MR) is 120 cm³/mol. The van der Waals surface area contributed by atoms with Crippen molar-refractivity contribution in [2.24, 2.45) is 0 Å². The van der Waals surface area contributed by atoms with Crippen molar-refractivity contribution >= 4 is 11.8 Å². The van der Waals surface area contributed by atoms with E-state index in [1.165, 1.54) is 24.8 Å². The molecule has 1 aliphatic carbocycles. The minimum atomic E-state index is -0.427. The van der Waals surface area contributed by atoms with Crippen LogP contribution in [0.2, 0.25) is 0 Å². The van der Waals surface area contributed by atoms with Crippen LogP contribution < -0.4 is 14.8 Å². The average Bonchev–Trinajstić information content (AvgIpc) is 3.45. The number of hydrogen-bond acceptors (Lipinski definition) is 4. The molecule has 5 rings (SSSR count). The predicted octanol–water partition coefficient (Wildman–Crippen LogP) is 3.92. The second-order valence-electron chi connectivity index (χ2n) is 9.19. The molecule has 0 spiro atoms. The van der Waals surface area contributed by atoms with E-state index in [4.69, 9.17) is 9.47 Å². The van der Waals surface area contributed by atoms with Gasteiger partial charge in [0.1, 0.15) is 6.04 Å². The third-order valence-electron chi connectivity index (χ3n) is 7.22. The van der Waals surface area contributed by atoms with E-state index >= 15 is 0 Å². The van der Waals surface area contributed by atoms with E-state index < -0.39 is 6.04 Å². The van der Waals surface area contributed by atoms with Gasteiger partial charge in [0.15, 0.2) is 11.5 Å². The number of amides is 2. The molecular weight excluding hydrogens is 404 g/mol. The summed E-state index contributed by atoms with van der Waals surface area (Å²) in [5, 5.41) is 3.23. The number of carbonyl (C=O) groups excluding carboxylic acids is 2. The van der Waals surface area contributed by atoms with Crippen molar-refractivity contribution in [3.63, 3.8) is 0 Å². The largest absolute Gasteiger partial charge is 0.454 e. The lowest BCUT2D eigenvalue weighted by Crippen LogP contribution is -2.49. The highest BCUT2D eigenvalue weighted by molar-refractivity contribution is 5.91. The monoisotopic (exact) mass is 434 g/mol. The van der Waals surface area contributed by atoms with E-state index in [9.17, 15) is 9.59 Å². The molecule has 1 saturated carbocycles. The molecule has 32 heavy (non-hydrogen) atoms. The number of ether oxygens (including phenoxy) is 2. The molecule has 1 atom stereocenters. The van der Waals surface area contributed by atoms with Crippen molar-refractivity contribution in [1.82, 2.24) is 10.2 Å². The molecule has 0 bridgehead atoms. The van der Waals surface area contributed by atoms with Gasteiger partial charge in [-0.25, -0.2) is 0 Å². The third-order valence-corrected chi connectivity index (χ3v) is 7.22. The normalized spacial score (nSPS) is 21.6. The summed E-state index contributed by atoms with van der Waals surface area (Å²) in [5.74, 6) is 1.39. The summed E-state index contributed by atoms with van der Waals surface area (Å²) < 4.78 is 10.8. The number of benzene rings is 2. The van der Waals surface area contributed by atoms with E-state index in [0.29, 0.717) is 31.7 Å². The Bertz CT molecular complexity index is 985. The number of likely N-dealkylation sites (tertiary alicyclic amines) is 1. The van der Waals surface area contributed by atoms with Gasteiger partial charge in [-0.1, -0.05) is 55.7 Å². The minimum Gasteiger partial charge on any atom is -0.454 e. The minimum absolute atomic E-state index is 0.0140. The summed E-state index contributed by atoms with van der Waals surface area (Å²) >= 11 is 0. The summed E-state index contributed by atoms with van der Waals surface area (Å²) in [5.41, 5.74) is 2.23. The molecule has 0 aromatic heterocycles. The quantitative estimate of drug-likeness (QED) is 0.748. The smallest absolute Gasteiger partial charge is 0.242 e. The summed E-state index contributed by atoms with van der Waals surface area (Å²) in [6.45, 7) is 1.24. The fraction of sp³-hybridized carbons (Fsp3) is 0.462. The van der Waals surface area contributed by atoms with Crippen LogP contribution in [-0.4, -0.2) is 36.1 Å². The number of hydrogen-bond donors (Lipinski definition) is 1. The highest BCUT2D eigenvalue weighted by atomic mass is 16.7. The maximum Gasteiger partial charge on any atom is 0.242 e. The number of carbonyl (C=O) groups is 2. The van der Waals surface area contributed by atoms with Crippen molar-refractivity contribution in [2.45, 2.75) is 62.9 Å². The van der Waals surface area contributed by atoms with Crippen molar-refractivity contribution in [3.05, 3.63) is 59.7 Å². The summed E-state index contributed by atoms with van der Waals surface area (Å²) in [6.07, 6.45) is 6.76. The molecule has 168 valence electrons. The van der Waals surface area contributed by atoms with Gasteiger partial charge >= 0.3 is 0 Å². The summed E-state index contributed by atoms with van der Waals surface area (Å²) in [6, 6.07) is 15.8. The van der Waals surface area contributed by atoms with E-state index in [1.54, 1.807) is 4.90 Å². The Morgan fingerprint density at radius 3 is 2.62 bits per heavy atom. The molecule has 0 radical (unpaired) electrons. The maximum atomic E-state index is 13.2. The molecule has 3 aliphatic rings. The Balaban J connectivity index is 1.28. The lowest BCUT2D eigenvalue weighted by atomic mass is 9.69. The topological polar surface area (TPSA) is 67.9 Å². The Hall–Kier alpha value is -3.02. The van der Waals surface area contributed by atoms with Gasteiger partial charge in [-0.15, -0.1) is 0 Å². The SMILES string of the molecule is O=C(NCC1(c2ccccc2)CCCCC1)C1CCC(=O)N1Cc1ccc2c(c1)OCO2. The van der Waals surface area contributed by atoms with Gasteiger partial charge in [-0.3, -0.25) is 9.59 Å². The van der Waals surface area contributed by atoms with Gasteiger partial charge in [0.25, 0.3) is 0 Å². The van der Waals surface area contributed by atoms with Crippen molar-refractivity contribution < 1.29 is 19.1 Å². The average molecular weight is 435 g/mol. The van der Waals surface area contributed by atoms with E-state index in [0.717, 1.165) is 24.2 Å². The maximum absolute atomic E-state index is 13.2. The van der Waals surface area contributed by atoms with Gasteiger partial charge in [0, 0.05) is 24.9 Å². The van der Waals surface area contributed by atoms with E-state index in [2.05, 4.69) is 29.6 Å². The molecule has 1 N–H and O–H groups in total. The highest BCUT2D eigenvalue weighted by Crippen LogP contribution is 2.39. The fourth-order valence-electron chi connectivity index (χ4n) is 5.40. The molecule has 2 aromatic carbocycles. The van der Waals surface area contributed by atoms with Crippen LogP contribution in [0.25, 0.3) is 0 Å². The second kappa shape index (κ2) is 8.85. The second-order valence-corrected chi connectivity index (χ2v) is 9.19. The van der Waals surface area contributed by atoms with Gasteiger partial charge in [-0.2, -0.15) is 0 Å². The van der Waals surface area contributed by atoms with Crippen LogP contribution in [0.15, 0.2) is 48.5 Å². The third kappa shape index (κ3) is 4.06. The molecule has 2 heterocycles. The van der Waals surface area contributed by atoms with Crippen LogP contribution >= 0.6 is 0 Å². The van der Waals surface area contributed by atoms with Crippen molar-refractivity contribution in [1.29, 1.82) is 0 Å². The Kier molecular flexibility index (Phi) is 5.77. The zero-order valence-corrected chi connectivity index (χ0v) is 18.3. The van der Waals surface area contributed by atoms with Crippen molar-refractivity contribution in [3.8, 4) is 11.5 Å². The first-order valence-corrected chi connectivity index (χ1v) is 11.7. The van der Waals surface area contributed by atoms with Gasteiger partial charge in [0.2, 0.25) is 18.6 Å². The van der Waals surface area contributed by atoms with Crippen LogP contribution in [-0.2, 0) is 21.5 Å². The molecule has 2 aromatic rings. The van der Waals surface area contributed by atoms with Gasteiger partial charge in [0.05, 0.1) is 0 Å². The Labute approximate surface area is 188 Å². The zero-order chi connectivity index (χ0) is 22.0. The number of nitrogens with one attached hydrogen (secondary N) is 1. The molecule has 1 saturated heterocycles. The number of nitrogens with zero attached hydrogens (tertiary/aromatic N) is 1. The van der Waals surface area contributed by atoms with E-state index in [1.807, 2.05) is 24.3 Å². The molecule has 1 unspecified atom stereocenters. The zero-order valence-electron chi connectivity index (χ0n) is 18.3. The molecular formula is C26H30N2O4. The van der Waals surface area contributed by atoms with Crippen LogP contribution in [0.5, 0.6) is 11.5 Å². The van der Waals surface area contributed by atoms with Crippen LogP contribution in [0.1, 0.15) is 56.1 Å². The van der Waals surface area contributed by atoms with Crippen molar-refractivity contribution in [2.75, 3.05) is 13.3 Å². The molecule has 6 heteroatoms. The highest BCUT2D eigenvalue weighted by Gasteiger charge is 2.39. The first-order valence-electron chi connectivity index (χ1n) is 11.7. The lowest BCUT2D eigenvalue weighted by molar-refractivity contribution is -0.136. The molecule has 2 fully saturated rings. The standard InChI is InChI=1S/C26H30N2O4/c29-24-12-10-21(28(24)16-19-9-11-22-23(15-19)32-18-31-22)25(30)27-17-26(13-5-2-6-14-26)20-7-3-1-4-8-20/h1,3-4,7-9,11,15,21H,2,5-6,10,12-14,16-18H2,(H,27,30). The Morgan fingerprint density at radius 2 is 1.81 bits per heavy atom. The molecule has 2 amide bonds. The van der Waals surface area contributed by atoms with E-state index in [-0.39, 0.29) is 24.0 Å². The van der Waals surface area contributed by atoms with Crippen LogP contribution in [0.3, 0.4) is 0 Å². The fourth-order valence-corrected chi connectivity index (χ4v) is 5.40. The number of rotatable bonds is 6. The van der Waals surface area contributed by atoms with Crippen LogP contribution in [0.4, 0.5) is 0 Å². The summed E-state index contributed by atoms with van der Waals surface area (Å²) in [7, 11) is 0. The van der Waals surface area contributed by atoms with Gasteiger partial charge in [-0.05, 0) is 42.5 Å². The Morgan fingerprint density at radius 1 is 1.03 bits per heavy atom. The molecule has 6 nitrogen and oxygen atoms in total. The lowest BCUT2D eigenvalue weighted by Gasteiger charge is -2.38. The molecule has 2 aliphatic heterocycles. The first-order chi connectivity index (χ1) is 15.6.